The molecule has 1 aromatic rings. The van der Waals surface area contributed by atoms with E-state index in [0.29, 0.717) is 24.5 Å². The molecule has 1 aromatic heterocycles. The molecule has 1 aliphatic heterocycles. The second-order valence-corrected chi connectivity index (χ2v) is 4.22. The van der Waals surface area contributed by atoms with Crippen molar-refractivity contribution in [3.63, 3.8) is 0 Å². The normalized spacial score (nSPS) is 19.3. The Bertz CT molecular complexity index is 499. The van der Waals surface area contributed by atoms with Gasteiger partial charge in [-0.2, -0.15) is 5.10 Å². The third kappa shape index (κ3) is 2.39. The van der Waals surface area contributed by atoms with Crippen LogP contribution in [0.4, 0.5) is 5.69 Å². The summed E-state index contributed by atoms with van der Waals surface area (Å²) in [6, 6.07) is -0.761. The smallest absolute Gasteiger partial charge is 0.331 e. The van der Waals surface area contributed by atoms with Crippen molar-refractivity contribution in [3.05, 3.63) is 11.4 Å². The van der Waals surface area contributed by atoms with Crippen LogP contribution in [0.25, 0.3) is 0 Å². The number of carbonyl (C=O) groups excluding carboxylic acids is 2. The number of morpholine rings is 1. The van der Waals surface area contributed by atoms with Crippen LogP contribution in [0.1, 0.15) is 16.2 Å². The van der Waals surface area contributed by atoms with Gasteiger partial charge in [0, 0.05) is 6.54 Å². The number of amides is 1. The molecule has 0 bridgehead atoms. The van der Waals surface area contributed by atoms with Crippen LogP contribution in [0.2, 0.25) is 0 Å². The van der Waals surface area contributed by atoms with Crippen LogP contribution < -0.4 is 5.73 Å². The van der Waals surface area contributed by atoms with Crippen molar-refractivity contribution in [1.82, 2.24) is 15.1 Å². The van der Waals surface area contributed by atoms with Crippen LogP contribution in [0, 0.1) is 6.92 Å². The third-order valence-electron chi connectivity index (χ3n) is 3.06. The van der Waals surface area contributed by atoms with Crippen molar-refractivity contribution >= 4 is 17.6 Å². The fourth-order valence-corrected chi connectivity index (χ4v) is 1.91. The van der Waals surface area contributed by atoms with Gasteiger partial charge in [-0.15, -0.1) is 0 Å². The zero-order valence-corrected chi connectivity index (χ0v) is 10.8. The van der Waals surface area contributed by atoms with Crippen LogP contribution in [0.15, 0.2) is 0 Å². The number of ether oxygens (including phenoxy) is 2. The van der Waals surface area contributed by atoms with Gasteiger partial charge in [0.1, 0.15) is 0 Å². The van der Waals surface area contributed by atoms with Crippen molar-refractivity contribution < 1.29 is 19.1 Å². The first kappa shape index (κ1) is 13.3. The number of aromatic nitrogens is 2. The number of hydrogen-bond donors (Lipinski definition) is 2. The highest BCUT2D eigenvalue weighted by molar-refractivity contribution is 5.99. The van der Waals surface area contributed by atoms with Crippen LogP contribution in [-0.4, -0.2) is 59.9 Å². The van der Waals surface area contributed by atoms with E-state index in [4.69, 9.17) is 10.5 Å². The molecule has 0 spiro atoms. The number of nitrogens with zero attached hydrogens (tertiary/aromatic N) is 2. The SMILES string of the molecule is COC(=O)C1COCCN1C(=O)c1n[nH]c(C)c1N. The van der Waals surface area contributed by atoms with Crippen molar-refractivity contribution in [3.8, 4) is 0 Å². The van der Waals surface area contributed by atoms with E-state index in [1.807, 2.05) is 0 Å². The lowest BCUT2D eigenvalue weighted by Crippen LogP contribution is -2.53. The van der Waals surface area contributed by atoms with E-state index < -0.39 is 17.9 Å². The van der Waals surface area contributed by atoms with E-state index in [0.717, 1.165) is 0 Å². The molecule has 0 aromatic carbocycles. The molecule has 8 nitrogen and oxygen atoms in total. The van der Waals surface area contributed by atoms with Gasteiger partial charge in [0.25, 0.3) is 5.91 Å². The van der Waals surface area contributed by atoms with E-state index in [2.05, 4.69) is 14.9 Å². The number of aryl methyl sites for hydroxylation is 1. The van der Waals surface area contributed by atoms with Gasteiger partial charge in [0.2, 0.25) is 0 Å². The molecule has 0 saturated carbocycles. The number of nitrogens with one attached hydrogen (secondary N) is 1. The van der Waals surface area contributed by atoms with Gasteiger partial charge >= 0.3 is 5.97 Å². The highest BCUT2D eigenvalue weighted by Gasteiger charge is 2.35. The minimum atomic E-state index is -0.761. The first-order valence-corrected chi connectivity index (χ1v) is 5.83. The Kier molecular flexibility index (Phi) is 3.70. The number of H-pyrrole nitrogens is 1. The molecule has 3 N–H and O–H groups in total. The van der Waals surface area contributed by atoms with E-state index >= 15 is 0 Å². The van der Waals surface area contributed by atoms with Gasteiger partial charge in [-0.3, -0.25) is 9.89 Å². The summed E-state index contributed by atoms with van der Waals surface area (Å²) >= 11 is 0. The molecule has 8 heteroatoms. The van der Waals surface area contributed by atoms with Crippen LogP contribution in [0.3, 0.4) is 0 Å². The van der Waals surface area contributed by atoms with Crippen molar-refractivity contribution in [1.29, 1.82) is 0 Å². The van der Waals surface area contributed by atoms with Crippen molar-refractivity contribution in [2.45, 2.75) is 13.0 Å². The zero-order valence-electron chi connectivity index (χ0n) is 10.8. The molecule has 1 amide bonds. The third-order valence-corrected chi connectivity index (χ3v) is 3.06. The molecule has 0 aliphatic carbocycles. The van der Waals surface area contributed by atoms with Gasteiger partial charge in [-0.1, -0.05) is 0 Å². The Labute approximate surface area is 109 Å². The number of nitrogen functional groups attached to an aromatic ring is 1. The molecule has 2 heterocycles. The highest BCUT2D eigenvalue weighted by Crippen LogP contribution is 2.18. The Morgan fingerprint density at radius 2 is 2.32 bits per heavy atom. The topological polar surface area (TPSA) is 111 Å². The summed E-state index contributed by atoms with van der Waals surface area (Å²) in [5.74, 6) is -0.917. The average Bonchev–Trinajstić information content (AvgIpc) is 2.77. The summed E-state index contributed by atoms with van der Waals surface area (Å²) in [5, 5.41) is 6.52. The van der Waals surface area contributed by atoms with Gasteiger partial charge in [0.05, 0.1) is 31.7 Å². The molecule has 1 fully saturated rings. The molecular weight excluding hydrogens is 252 g/mol. The lowest BCUT2D eigenvalue weighted by atomic mass is 10.2. The lowest BCUT2D eigenvalue weighted by molar-refractivity contribution is -0.151. The summed E-state index contributed by atoms with van der Waals surface area (Å²) in [7, 11) is 1.27. The first-order chi connectivity index (χ1) is 9.06. The van der Waals surface area contributed by atoms with Crippen LogP contribution >= 0.6 is 0 Å². The van der Waals surface area contributed by atoms with Crippen molar-refractivity contribution in [2.75, 3.05) is 32.6 Å². The Balaban J connectivity index is 2.25. The quantitative estimate of drug-likeness (QED) is 0.687. The van der Waals surface area contributed by atoms with E-state index in [9.17, 15) is 9.59 Å². The number of hydrogen-bond acceptors (Lipinski definition) is 6. The molecule has 2 rings (SSSR count). The standard InChI is InChI=1S/C11H16N4O4/c1-6-8(12)9(14-13-6)10(16)15-3-4-19-5-7(15)11(17)18-2/h7H,3-5,12H2,1-2H3,(H,13,14). The van der Waals surface area contributed by atoms with Gasteiger partial charge in [-0.25, -0.2) is 4.79 Å². The van der Waals surface area contributed by atoms with E-state index in [1.54, 1.807) is 6.92 Å². The number of nitrogens with two attached hydrogens (primary N) is 1. The number of anilines is 1. The maximum atomic E-state index is 12.4. The summed E-state index contributed by atoms with van der Waals surface area (Å²) in [6.45, 7) is 2.49. The minimum absolute atomic E-state index is 0.113. The van der Waals surface area contributed by atoms with Crippen molar-refractivity contribution in [2.24, 2.45) is 0 Å². The number of carbonyl (C=O) groups is 2. The summed E-state index contributed by atoms with van der Waals surface area (Å²) in [4.78, 5) is 25.4. The predicted molar refractivity (Wildman–Crippen MR) is 65.4 cm³/mol. The van der Waals surface area contributed by atoms with E-state index in [-0.39, 0.29) is 12.3 Å². The van der Waals surface area contributed by atoms with Gasteiger partial charge in [-0.05, 0) is 6.92 Å². The molecule has 1 unspecified atom stereocenters. The molecular formula is C11H16N4O4. The Morgan fingerprint density at radius 1 is 1.58 bits per heavy atom. The second kappa shape index (κ2) is 5.27. The summed E-state index contributed by atoms with van der Waals surface area (Å²) < 4.78 is 9.87. The molecule has 0 radical (unpaired) electrons. The Hall–Kier alpha value is -2.09. The number of esters is 1. The summed E-state index contributed by atoms with van der Waals surface area (Å²) in [5.41, 5.74) is 6.80. The highest BCUT2D eigenvalue weighted by atomic mass is 16.5. The van der Waals surface area contributed by atoms with Gasteiger partial charge < -0.3 is 20.1 Å². The zero-order chi connectivity index (χ0) is 14.0. The first-order valence-electron chi connectivity index (χ1n) is 5.83. The summed E-state index contributed by atoms with van der Waals surface area (Å²) in [6.07, 6.45) is 0. The average molecular weight is 268 g/mol. The van der Waals surface area contributed by atoms with Crippen LogP contribution in [0.5, 0.6) is 0 Å². The lowest BCUT2D eigenvalue weighted by Gasteiger charge is -2.33. The monoisotopic (exact) mass is 268 g/mol. The fourth-order valence-electron chi connectivity index (χ4n) is 1.91. The maximum absolute atomic E-state index is 12.4. The second-order valence-electron chi connectivity index (χ2n) is 4.22. The fraction of sp³-hybridized carbons (Fsp3) is 0.545. The largest absolute Gasteiger partial charge is 0.467 e. The predicted octanol–water partition coefficient (Wildman–Crippen LogP) is -0.686. The van der Waals surface area contributed by atoms with E-state index in [1.165, 1.54) is 12.0 Å². The molecule has 1 aliphatic rings. The molecule has 19 heavy (non-hydrogen) atoms. The molecule has 1 saturated heterocycles. The maximum Gasteiger partial charge on any atom is 0.331 e. The molecule has 104 valence electrons. The minimum Gasteiger partial charge on any atom is -0.467 e. The number of aromatic amines is 1. The van der Waals surface area contributed by atoms with Gasteiger partial charge in [0.15, 0.2) is 11.7 Å². The van der Waals surface area contributed by atoms with Crippen LogP contribution in [-0.2, 0) is 14.3 Å². The Morgan fingerprint density at radius 3 is 2.89 bits per heavy atom. The number of rotatable bonds is 2. The number of methoxy groups -OCH3 is 1. The molecule has 1 atom stereocenters.